The number of likely N-dealkylation sites (N-methyl/N-ethyl adjacent to an activating group) is 1. The number of hydrogen-bond donors (Lipinski definition) is 0. The zero-order valence-corrected chi connectivity index (χ0v) is 12.4. The lowest BCUT2D eigenvalue weighted by atomic mass is 9.82. The van der Waals surface area contributed by atoms with Gasteiger partial charge in [-0.05, 0) is 33.6 Å². The van der Waals surface area contributed by atoms with Crippen LogP contribution in [0.3, 0.4) is 0 Å². The molecule has 1 aliphatic heterocycles. The molecule has 2 rings (SSSR count). The monoisotopic (exact) mass is 278 g/mol. The molecule has 0 bridgehead atoms. The van der Waals surface area contributed by atoms with Crippen molar-refractivity contribution in [2.24, 2.45) is 11.8 Å². The average Bonchev–Trinajstić information content (AvgIpc) is 2.65. The molecule has 0 unspecified atom stereocenters. The van der Waals surface area contributed by atoms with Crippen LogP contribution >= 0.6 is 0 Å². The summed E-state index contributed by atoms with van der Waals surface area (Å²) in [6.07, 6.45) is 3.30. The molecule has 0 spiro atoms. The number of carbonyl (C=O) groups is 3. The lowest BCUT2D eigenvalue weighted by Gasteiger charge is -2.22. The Labute approximate surface area is 119 Å². The Kier molecular flexibility index (Phi) is 4.26. The van der Waals surface area contributed by atoms with Crippen LogP contribution in [0.2, 0.25) is 0 Å². The molecule has 0 aromatic carbocycles. The number of fused-ring (bicyclic) bond motifs is 1. The summed E-state index contributed by atoms with van der Waals surface area (Å²) in [6, 6.07) is 0. The van der Waals surface area contributed by atoms with Gasteiger partial charge in [-0.25, -0.2) is 0 Å². The van der Waals surface area contributed by atoms with E-state index in [4.69, 9.17) is 0 Å². The molecule has 0 N–H and O–H groups in total. The zero-order chi connectivity index (χ0) is 14.9. The summed E-state index contributed by atoms with van der Waals surface area (Å²) in [4.78, 5) is 39.5. The van der Waals surface area contributed by atoms with Gasteiger partial charge in [-0.2, -0.15) is 0 Å². The molecule has 0 saturated carbocycles. The maximum atomic E-state index is 12.3. The van der Waals surface area contributed by atoms with Crippen LogP contribution in [-0.2, 0) is 14.4 Å². The smallest absolute Gasteiger partial charge is 0.242 e. The van der Waals surface area contributed by atoms with E-state index >= 15 is 0 Å². The third kappa shape index (κ3) is 2.49. The maximum absolute atomic E-state index is 12.3. The molecule has 5 heteroatoms. The highest BCUT2D eigenvalue weighted by Crippen LogP contribution is 2.37. The van der Waals surface area contributed by atoms with Gasteiger partial charge in [0.1, 0.15) is 6.54 Å². The first-order valence-corrected chi connectivity index (χ1v) is 7.28. The Morgan fingerprint density at radius 3 is 2.45 bits per heavy atom. The quantitative estimate of drug-likeness (QED) is 0.573. The van der Waals surface area contributed by atoms with E-state index in [1.165, 1.54) is 4.90 Å². The van der Waals surface area contributed by atoms with Crippen molar-refractivity contribution in [1.82, 2.24) is 9.80 Å². The van der Waals surface area contributed by atoms with Crippen molar-refractivity contribution in [3.63, 3.8) is 0 Å². The minimum atomic E-state index is -0.254. The second-order valence-electron chi connectivity index (χ2n) is 5.53. The van der Waals surface area contributed by atoms with Crippen LogP contribution < -0.4 is 0 Å². The van der Waals surface area contributed by atoms with Gasteiger partial charge in [-0.3, -0.25) is 19.3 Å². The molecular formula is C15H22N2O3. The van der Waals surface area contributed by atoms with Crippen LogP contribution in [0.4, 0.5) is 0 Å². The van der Waals surface area contributed by atoms with E-state index in [2.05, 4.69) is 0 Å². The fourth-order valence-corrected chi connectivity index (χ4v) is 3.07. The lowest BCUT2D eigenvalue weighted by Crippen LogP contribution is -2.43. The van der Waals surface area contributed by atoms with Crippen molar-refractivity contribution in [2.75, 3.05) is 19.6 Å². The highest BCUT2D eigenvalue weighted by Gasteiger charge is 2.48. The van der Waals surface area contributed by atoms with Crippen molar-refractivity contribution in [3.8, 4) is 0 Å². The molecule has 1 heterocycles. The van der Waals surface area contributed by atoms with E-state index in [0.717, 1.165) is 5.57 Å². The first kappa shape index (κ1) is 14.8. The molecule has 3 amide bonds. The molecule has 0 radical (unpaired) electrons. The summed E-state index contributed by atoms with van der Waals surface area (Å²) < 4.78 is 0. The zero-order valence-electron chi connectivity index (χ0n) is 12.4. The van der Waals surface area contributed by atoms with Crippen LogP contribution in [0.15, 0.2) is 11.6 Å². The van der Waals surface area contributed by atoms with Gasteiger partial charge in [0.25, 0.3) is 0 Å². The standard InChI is InChI=1S/C15H22N2O3/c1-4-16(5-2)13(18)9-17-14(19)11-7-6-10(3)8-12(11)15(17)20/h6,11-12H,4-5,7-9H2,1-3H3/t11-,12-/m0/s1. The van der Waals surface area contributed by atoms with E-state index in [-0.39, 0.29) is 36.1 Å². The fourth-order valence-electron chi connectivity index (χ4n) is 3.07. The molecule has 1 aliphatic carbocycles. The number of nitrogens with zero attached hydrogens (tertiary/aromatic N) is 2. The SMILES string of the molecule is CCN(CC)C(=O)CN1C(=O)[C@H]2CC=C(C)C[C@@H]2C1=O. The van der Waals surface area contributed by atoms with Crippen molar-refractivity contribution in [1.29, 1.82) is 0 Å². The van der Waals surface area contributed by atoms with Crippen molar-refractivity contribution >= 4 is 17.7 Å². The Hall–Kier alpha value is -1.65. The van der Waals surface area contributed by atoms with Gasteiger partial charge >= 0.3 is 0 Å². The van der Waals surface area contributed by atoms with Crippen LogP contribution in [0.5, 0.6) is 0 Å². The minimum absolute atomic E-state index is 0.106. The molecule has 20 heavy (non-hydrogen) atoms. The van der Waals surface area contributed by atoms with Crippen LogP contribution in [0, 0.1) is 11.8 Å². The highest BCUT2D eigenvalue weighted by molar-refractivity contribution is 6.07. The number of hydrogen-bond acceptors (Lipinski definition) is 3. The Bertz CT molecular complexity index is 466. The Balaban J connectivity index is 2.09. The van der Waals surface area contributed by atoms with Crippen LogP contribution in [-0.4, -0.2) is 47.2 Å². The third-order valence-electron chi connectivity index (χ3n) is 4.32. The fraction of sp³-hybridized carbons (Fsp3) is 0.667. The second kappa shape index (κ2) is 5.77. The molecule has 2 aliphatic rings. The van der Waals surface area contributed by atoms with Gasteiger partial charge in [0.05, 0.1) is 11.8 Å². The lowest BCUT2D eigenvalue weighted by molar-refractivity contribution is -0.146. The molecule has 2 atom stereocenters. The van der Waals surface area contributed by atoms with Gasteiger partial charge in [0, 0.05) is 13.1 Å². The van der Waals surface area contributed by atoms with Crippen LogP contribution in [0.1, 0.15) is 33.6 Å². The minimum Gasteiger partial charge on any atom is -0.342 e. The summed E-state index contributed by atoms with van der Waals surface area (Å²) in [7, 11) is 0. The van der Waals surface area contributed by atoms with Crippen molar-refractivity contribution in [3.05, 3.63) is 11.6 Å². The summed E-state index contributed by atoms with van der Waals surface area (Å²) in [6.45, 7) is 6.85. The number of amides is 3. The van der Waals surface area contributed by atoms with E-state index in [9.17, 15) is 14.4 Å². The van der Waals surface area contributed by atoms with Gasteiger partial charge in [-0.1, -0.05) is 11.6 Å². The number of imide groups is 1. The molecule has 0 aromatic rings. The summed E-state index contributed by atoms with van der Waals surface area (Å²) in [5.41, 5.74) is 1.16. The van der Waals surface area contributed by atoms with E-state index in [1.54, 1.807) is 4.90 Å². The molecule has 110 valence electrons. The predicted octanol–water partition coefficient (Wildman–Crippen LogP) is 1.20. The maximum Gasteiger partial charge on any atom is 0.242 e. The third-order valence-corrected chi connectivity index (χ3v) is 4.32. The average molecular weight is 278 g/mol. The number of carbonyl (C=O) groups excluding carboxylic acids is 3. The first-order valence-electron chi connectivity index (χ1n) is 7.28. The highest BCUT2D eigenvalue weighted by atomic mass is 16.2. The summed E-state index contributed by atoms with van der Waals surface area (Å²) in [5.74, 6) is -1.01. The van der Waals surface area contributed by atoms with E-state index in [0.29, 0.717) is 25.9 Å². The number of allylic oxidation sites excluding steroid dienone is 2. The van der Waals surface area contributed by atoms with Gasteiger partial charge < -0.3 is 4.90 Å². The predicted molar refractivity (Wildman–Crippen MR) is 74.6 cm³/mol. The molecular weight excluding hydrogens is 256 g/mol. The normalized spacial score (nSPS) is 25.6. The van der Waals surface area contributed by atoms with Crippen molar-refractivity contribution < 1.29 is 14.4 Å². The Morgan fingerprint density at radius 2 is 1.85 bits per heavy atom. The second-order valence-corrected chi connectivity index (χ2v) is 5.53. The Morgan fingerprint density at radius 1 is 1.25 bits per heavy atom. The number of rotatable bonds is 4. The topological polar surface area (TPSA) is 57.7 Å². The number of likely N-dealkylation sites (tertiary alicyclic amines) is 1. The molecule has 5 nitrogen and oxygen atoms in total. The van der Waals surface area contributed by atoms with Crippen molar-refractivity contribution in [2.45, 2.75) is 33.6 Å². The summed E-state index contributed by atoms with van der Waals surface area (Å²) in [5, 5.41) is 0. The van der Waals surface area contributed by atoms with Gasteiger partial charge in [-0.15, -0.1) is 0 Å². The molecule has 1 saturated heterocycles. The first-order chi connectivity index (χ1) is 9.49. The van der Waals surface area contributed by atoms with E-state index in [1.807, 2.05) is 26.8 Å². The van der Waals surface area contributed by atoms with E-state index < -0.39 is 0 Å². The largest absolute Gasteiger partial charge is 0.342 e. The molecule has 1 fully saturated rings. The van der Waals surface area contributed by atoms with Gasteiger partial charge in [0.15, 0.2) is 0 Å². The van der Waals surface area contributed by atoms with Gasteiger partial charge in [0.2, 0.25) is 17.7 Å². The molecule has 0 aromatic heterocycles. The van der Waals surface area contributed by atoms with Crippen LogP contribution in [0.25, 0.3) is 0 Å². The summed E-state index contributed by atoms with van der Waals surface area (Å²) >= 11 is 0.